The molecule has 0 atom stereocenters. The van der Waals surface area contributed by atoms with Crippen molar-refractivity contribution in [1.82, 2.24) is 10.6 Å². The van der Waals surface area contributed by atoms with Crippen molar-refractivity contribution >= 4 is 5.91 Å². The van der Waals surface area contributed by atoms with E-state index in [1.54, 1.807) is 6.26 Å². The average molecular weight is 258 g/mol. The minimum atomic E-state index is -0.0203. The lowest BCUT2D eigenvalue weighted by atomic mass is 10.2. The molecule has 0 aliphatic carbocycles. The molecule has 0 bridgehead atoms. The van der Waals surface area contributed by atoms with Gasteiger partial charge in [-0.15, -0.1) is 0 Å². The highest BCUT2D eigenvalue weighted by atomic mass is 16.3. The summed E-state index contributed by atoms with van der Waals surface area (Å²) < 4.78 is 5.28. The molecule has 100 valence electrons. The Kier molecular flexibility index (Phi) is 4.75. The molecule has 2 N–H and O–H groups in total. The molecule has 1 amide bonds. The van der Waals surface area contributed by atoms with E-state index in [9.17, 15) is 4.79 Å². The first kappa shape index (κ1) is 13.4. The zero-order valence-corrected chi connectivity index (χ0v) is 11.0. The standard InChI is InChI=1S/C15H18N2O2/c1-12-7-8-19-14(12)10-16-11-15(18)17-9-13-5-3-2-4-6-13/h2-8,16H,9-11H2,1H3,(H,17,18). The van der Waals surface area contributed by atoms with Gasteiger partial charge < -0.3 is 15.1 Å². The van der Waals surface area contributed by atoms with Crippen molar-refractivity contribution in [2.75, 3.05) is 6.54 Å². The largest absolute Gasteiger partial charge is 0.468 e. The summed E-state index contributed by atoms with van der Waals surface area (Å²) in [7, 11) is 0. The second-order valence-corrected chi connectivity index (χ2v) is 4.39. The van der Waals surface area contributed by atoms with Crippen LogP contribution in [0.5, 0.6) is 0 Å². The van der Waals surface area contributed by atoms with Crippen LogP contribution in [-0.4, -0.2) is 12.5 Å². The normalized spacial score (nSPS) is 10.4. The van der Waals surface area contributed by atoms with E-state index < -0.39 is 0 Å². The van der Waals surface area contributed by atoms with Crippen LogP contribution in [0.3, 0.4) is 0 Å². The third-order valence-corrected chi connectivity index (χ3v) is 2.87. The lowest BCUT2D eigenvalue weighted by Gasteiger charge is -2.06. The van der Waals surface area contributed by atoms with E-state index in [4.69, 9.17) is 4.42 Å². The van der Waals surface area contributed by atoms with Gasteiger partial charge in [0.1, 0.15) is 5.76 Å². The molecule has 0 aliphatic rings. The van der Waals surface area contributed by atoms with Gasteiger partial charge in [0.2, 0.25) is 5.91 Å². The van der Waals surface area contributed by atoms with Crippen molar-refractivity contribution in [3.05, 3.63) is 59.5 Å². The monoisotopic (exact) mass is 258 g/mol. The van der Waals surface area contributed by atoms with Crippen LogP contribution in [0.25, 0.3) is 0 Å². The zero-order valence-electron chi connectivity index (χ0n) is 11.0. The SMILES string of the molecule is Cc1ccoc1CNCC(=O)NCc1ccccc1. The summed E-state index contributed by atoms with van der Waals surface area (Å²) in [5.41, 5.74) is 2.19. The molecule has 4 heteroatoms. The molecule has 0 radical (unpaired) electrons. The summed E-state index contributed by atoms with van der Waals surface area (Å²) >= 11 is 0. The van der Waals surface area contributed by atoms with Crippen LogP contribution >= 0.6 is 0 Å². The number of carbonyl (C=O) groups excluding carboxylic acids is 1. The van der Waals surface area contributed by atoms with Gasteiger partial charge in [-0.05, 0) is 24.1 Å². The fraction of sp³-hybridized carbons (Fsp3) is 0.267. The van der Waals surface area contributed by atoms with Gasteiger partial charge in [0.05, 0.1) is 19.4 Å². The Balaban J connectivity index is 1.66. The van der Waals surface area contributed by atoms with Crippen LogP contribution in [0.15, 0.2) is 47.1 Å². The Bertz CT molecular complexity index is 520. The molecule has 0 saturated heterocycles. The summed E-state index contributed by atoms with van der Waals surface area (Å²) in [4.78, 5) is 11.6. The topological polar surface area (TPSA) is 54.3 Å². The second-order valence-electron chi connectivity index (χ2n) is 4.39. The molecular formula is C15H18N2O2. The number of aryl methyl sites for hydroxylation is 1. The van der Waals surface area contributed by atoms with Crippen LogP contribution in [-0.2, 0) is 17.9 Å². The van der Waals surface area contributed by atoms with Crippen molar-refractivity contribution in [2.45, 2.75) is 20.0 Å². The molecule has 2 aromatic rings. The molecule has 2 rings (SSSR count). The first-order valence-electron chi connectivity index (χ1n) is 6.30. The molecule has 1 heterocycles. The van der Waals surface area contributed by atoms with E-state index in [0.29, 0.717) is 13.1 Å². The van der Waals surface area contributed by atoms with Gasteiger partial charge in [-0.25, -0.2) is 0 Å². The van der Waals surface area contributed by atoms with Gasteiger partial charge in [0, 0.05) is 6.54 Å². The Morgan fingerprint density at radius 1 is 1.16 bits per heavy atom. The van der Waals surface area contributed by atoms with Crippen LogP contribution in [0.4, 0.5) is 0 Å². The molecule has 0 aliphatic heterocycles. The third kappa shape index (κ3) is 4.26. The smallest absolute Gasteiger partial charge is 0.234 e. The highest BCUT2D eigenvalue weighted by Crippen LogP contribution is 2.07. The van der Waals surface area contributed by atoms with Crippen molar-refractivity contribution in [3.8, 4) is 0 Å². The first-order valence-corrected chi connectivity index (χ1v) is 6.30. The Morgan fingerprint density at radius 2 is 1.95 bits per heavy atom. The van der Waals surface area contributed by atoms with Crippen molar-refractivity contribution in [1.29, 1.82) is 0 Å². The lowest BCUT2D eigenvalue weighted by molar-refractivity contribution is -0.120. The summed E-state index contributed by atoms with van der Waals surface area (Å²) in [5, 5.41) is 5.92. The molecule has 0 saturated carbocycles. The van der Waals surface area contributed by atoms with E-state index in [0.717, 1.165) is 16.9 Å². The summed E-state index contributed by atoms with van der Waals surface area (Å²) in [6.45, 7) is 3.39. The fourth-order valence-corrected chi connectivity index (χ4v) is 1.73. The number of furan rings is 1. The lowest BCUT2D eigenvalue weighted by Crippen LogP contribution is -2.33. The first-order chi connectivity index (χ1) is 9.25. The molecule has 0 fully saturated rings. The van der Waals surface area contributed by atoms with Crippen molar-refractivity contribution < 1.29 is 9.21 Å². The highest BCUT2D eigenvalue weighted by molar-refractivity contribution is 5.77. The fourth-order valence-electron chi connectivity index (χ4n) is 1.73. The zero-order chi connectivity index (χ0) is 13.5. The minimum absolute atomic E-state index is 0.0203. The molecule has 4 nitrogen and oxygen atoms in total. The Hall–Kier alpha value is -2.07. The molecule has 1 aromatic carbocycles. The molecule has 0 spiro atoms. The summed E-state index contributed by atoms with van der Waals surface area (Å²) in [6, 6.07) is 11.8. The number of benzene rings is 1. The number of hydrogen-bond donors (Lipinski definition) is 2. The van der Waals surface area contributed by atoms with Crippen molar-refractivity contribution in [2.24, 2.45) is 0 Å². The van der Waals surface area contributed by atoms with Gasteiger partial charge in [0.25, 0.3) is 0 Å². The molecule has 0 unspecified atom stereocenters. The molecular weight excluding hydrogens is 240 g/mol. The van der Waals surface area contributed by atoms with E-state index in [-0.39, 0.29) is 12.5 Å². The number of nitrogens with one attached hydrogen (secondary N) is 2. The predicted octanol–water partition coefficient (Wildman–Crippen LogP) is 1.99. The van der Waals surface area contributed by atoms with Crippen LogP contribution in [0.1, 0.15) is 16.9 Å². The quantitative estimate of drug-likeness (QED) is 0.833. The van der Waals surface area contributed by atoms with E-state index >= 15 is 0 Å². The Labute approximate surface area is 112 Å². The predicted molar refractivity (Wildman–Crippen MR) is 73.4 cm³/mol. The summed E-state index contributed by atoms with van der Waals surface area (Å²) in [6.07, 6.45) is 1.65. The van der Waals surface area contributed by atoms with Crippen molar-refractivity contribution in [3.63, 3.8) is 0 Å². The van der Waals surface area contributed by atoms with Gasteiger partial charge in [0.15, 0.2) is 0 Å². The van der Waals surface area contributed by atoms with E-state index in [1.165, 1.54) is 0 Å². The maximum Gasteiger partial charge on any atom is 0.234 e. The van der Waals surface area contributed by atoms with Gasteiger partial charge in [-0.1, -0.05) is 30.3 Å². The maximum atomic E-state index is 11.6. The van der Waals surface area contributed by atoms with E-state index in [1.807, 2.05) is 43.3 Å². The van der Waals surface area contributed by atoms with Gasteiger partial charge >= 0.3 is 0 Å². The number of rotatable bonds is 6. The highest BCUT2D eigenvalue weighted by Gasteiger charge is 2.04. The Morgan fingerprint density at radius 3 is 2.63 bits per heavy atom. The average Bonchev–Trinajstić information content (AvgIpc) is 2.83. The number of amides is 1. The molecule has 1 aromatic heterocycles. The summed E-state index contributed by atoms with van der Waals surface area (Å²) in [5.74, 6) is 0.851. The van der Waals surface area contributed by atoms with Crippen LogP contribution in [0.2, 0.25) is 0 Å². The third-order valence-electron chi connectivity index (χ3n) is 2.87. The number of carbonyl (C=O) groups is 1. The van der Waals surface area contributed by atoms with Crippen LogP contribution in [0, 0.1) is 6.92 Å². The van der Waals surface area contributed by atoms with Gasteiger partial charge in [-0.2, -0.15) is 0 Å². The van der Waals surface area contributed by atoms with Gasteiger partial charge in [-0.3, -0.25) is 4.79 Å². The number of hydrogen-bond acceptors (Lipinski definition) is 3. The van der Waals surface area contributed by atoms with E-state index in [2.05, 4.69) is 10.6 Å². The second kappa shape index (κ2) is 6.75. The molecule has 19 heavy (non-hydrogen) atoms. The maximum absolute atomic E-state index is 11.6. The van der Waals surface area contributed by atoms with Crippen LogP contribution < -0.4 is 10.6 Å². The minimum Gasteiger partial charge on any atom is -0.468 e.